The first-order chi connectivity index (χ1) is 7.72. The van der Waals surface area contributed by atoms with Crippen molar-refractivity contribution in [2.24, 2.45) is 4.99 Å². The zero-order valence-corrected chi connectivity index (χ0v) is 10.2. The highest BCUT2D eigenvalue weighted by atomic mass is 35.5. The van der Waals surface area contributed by atoms with Gasteiger partial charge in [0.15, 0.2) is 5.96 Å². The highest BCUT2D eigenvalue weighted by Crippen LogP contribution is 1.92. The largest absolute Gasteiger partial charge is 0.355 e. The summed E-state index contributed by atoms with van der Waals surface area (Å²) in [5.74, 6) is 0.731. The monoisotopic (exact) mass is 240 g/mol. The number of nitrogens with one attached hydrogen (secondary N) is 2. The molecule has 0 bridgehead atoms. The van der Waals surface area contributed by atoms with Crippen LogP contribution in [0.3, 0.4) is 0 Å². The fourth-order valence-corrected chi connectivity index (χ4v) is 1.29. The van der Waals surface area contributed by atoms with Crippen LogP contribution in [0.4, 0.5) is 0 Å². The molecule has 5 heteroatoms. The fourth-order valence-electron chi connectivity index (χ4n) is 1.22. The Labute approximate surface area is 101 Å². The minimum absolute atomic E-state index is 0.519. The van der Waals surface area contributed by atoms with Crippen molar-refractivity contribution in [2.75, 3.05) is 20.1 Å². The Kier molecular flexibility index (Phi) is 5.50. The summed E-state index contributed by atoms with van der Waals surface area (Å²) in [5.41, 5.74) is 0. The first-order valence-electron chi connectivity index (χ1n) is 5.11. The van der Waals surface area contributed by atoms with Gasteiger partial charge in [0.25, 0.3) is 0 Å². The van der Waals surface area contributed by atoms with E-state index >= 15 is 0 Å². The summed E-state index contributed by atoms with van der Waals surface area (Å²) in [6.07, 6.45) is 4.05. The second kappa shape index (κ2) is 6.95. The molecule has 0 fully saturated rings. The molecule has 2 N–H and O–H groups in total. The minimum Gasteiger partial charge on any atom is -0.355 e. The van der Waals surface area contributed by atoms with E-state index in [9.17, 15) is 0 Å². The quantitative estimate of drug-likeness (QED) is 0.604. The van der Waals surface area contributed by atoms with Gasteiger partial charge >= 0.3 is 0 Å². The maximum atomic E-state index is 5.65. The number of halogens is 1. The average molecular weight is 241 g/mol. The van der Waals surface area contributed by atoms with Crippen molar-refractivity contribution in [3.05, 3.63) is 36.1 Å². The summed E-state index contributed by atoms with van der Waals surface area (Å²) in [7, 11) is 1.72. The van der Waals surface area contributed by atoms with E-state index in [1.165, 1.54) is 0 Å². The molecular formula is C11H17ClN4. The van der Waals surface area contributed by atoms with E-state index in [0.29, 0.717) is 11.6 Å². The standard InChI is InChI=1S/C11H17ClN4/c1-10(12)9-15-11(13-2)14-5-8-16-6-3-4-7-16/h3-4,6-7H,1,5,8-9H2,2H3,(H2,13,14,15). The Bertz CT molecular complexity index is 343. The second-order valence-electron chi connectivity index (χ2n) is 3.29. The molecule has 0 amide bonds. The summed E-state index contributed by atoms with van der Waals surface area (Å²) >= 11 is 5.65. The van der Waals surface area contributed by atoms with Gasteiger partial charge in [-0.25, -0.2) is 0 Å². The van der Waals surface area contributed by atoms with Crippen molar-refractivity contribution in [3.63, 3.8) is 0 Å². The van der Waals surface area contributed by atoms with Gasteiger partial charge in [0.1, 0.15) is 0 Å². The zero-order chi connectivity index (χ0) is 11.8. The number of rotatable bonds is 5. The predicted octanol–water partition coefficient (Wildman–Crippen LogP) is 1.41. The number of guanidine groups is 1. The molecule has 0 aliphatic heterocycles. The van der Waals surface area contributed by atoms with Crippen LogP contribution in [0.15, 0.2) is 41.1 Å². The Morgan fingerprint density at radius 2 is 2.06 bits per heavy atom. The lowest BCUT2D eigenvalue weighted by molar-refractivity contribution is 0.668. The van der Waals surface area contributed by atoms with E-state index in [1.54, 1.807) is 7.05 Å². The molecule has 1 rings (SSSR count). The molecular weight excluding hydrogens is 224 g/mol. The van der Waals surface area contributed by atoms with Crippen LogP contribution < -0.4 is 10.6 Å². The van der Waals surface area contributed by atoms with Crippen molar-refractivity contribution in [3.8, 4) is 0 Å². The summed E-state index contributed by atoms with van der Waals surface area (Å²) in [5, 5.41) is 6.79. The summed E-state index contributed by atoms with van der Waals surface area (Å²) in [4.78, 5) is 4.06. The molecule has 0 radical (unpaired) electrons. The van der Waals surface area contributed by atoms with E-state index in [0.717, 1.165) is 19.0 Å². The Morgan fingerprint density at radius 3 is 2.62 bits per heavy atom. The number of aliphatic imine (C=N–C) groups is 1. The van der Waals surface area contributed by atoms with Crippen LogP contribution in [0.2, 0.25) is 0 Å². The predicted molar refractivity (Wildman–Crippen MR) is 68.8 cm³/mol. The molecule has 0 unspecified atom stereocenters. The van der Waals surface area contributed by atoms with E-state index in [1.807, 2.05) is 24.5 Å². The zero-order valence-electron chi connectivity index (χ0n) is 9.41. The van der Waals surface area contributed by atoms with E-state index < -0.39 is 0 Å². The Hall–Kier alpha value is -1.42. The van der Waals surface area contributed by atoms with Gasteiger partial charge in [-0.3, -0.25) is 4.99 Å². The first-order valence-corrected chi connectivity index (χ1v) is 5.48. The normalized spacial score (nSPS) is 11.2. The van der Waals surface area contributed by atoms with Gasteiger partial charge in [0.2, 0.25) is 0 Å². The maximum absolute atomic E-state index is 5.65. The minimum atomic E-state index is 0.519. The van der Waals surface area contributed by atoms with Gasteiger partial charge in [-0.05, 0) is 12.1 Å². The number of hydrogen-bond donors (Lipinski definition) is 2. The van der Waals surface area contributed by atoms with Crippen LogP contribution in [0.1, 0.15) is 0 Å². The molecule has 0 saturated carbocycles. The Balaban J connectivity index is 2.22. The smallest absolute Gasteiger partial charge is 0.191 e. The van der Waals surface area contributed by atoms with Crippen LogP contribution in [0, 0.1) is 0 Å². The molecule has 1 aromatic heterocycles. The molecule has 0 aromatic carbocycles. The van der Waals surface area contributed by atoms with E-state index in [4.69, 9.17) is 11.6 Å². The topological polar surface area (TPSA) is 41.4 Å². The summed E-state index contributed by atoms with van der Waals surface area (Å²) in [6, 6.07) is 4.01. The van der Waals surface area contributed by atoms with Gasteiger partial charge in [0.05, 0.1) is 6.54 Å². The van der Waals surface area contributed by atoms with Crippen LogP contribution in [-0.4, -0.2) is 30.7 Å². The highest BCUT2D eigenvalue weighted by molar-refractivity contribution is 6.29. The lowest BCUT2D eigenvalue weighted by atomic mass is 10.5. The summed E-state index contributed by atoms with van der Waals surface area (Å²) < 4.78 is 2.10. The van der Waals surface area contributed by atoms with Gasteiger partial charge in [-0.15, -0.1) is 0 Å². The Morgan fingerprint density at radius 1 is 1.38 bits per heavy atom. The molecule has 1 aromatic rings. The number of nitrogens with zero attached hydrogens (tertiary/aromatic N) is 2. The third-order valence-corrected chi connectivity index (χ3v) is 2.13. The number of aromatic nitrogens is 1. The van der Waals surface area contributed by atoms with Crippen LogP contribution in [0.25, 0.3) is 0 Å². The van der Waals surface area contributed by atoms with Crippen LogP contribution >= 0.6 is 11.6 Å². The lowest BCUT2D eigenvalue weighted by Gasteiger charge is -2.11. The van der Waals surface area contributed by atoms with Crippen molar-refractivity contribution in [1.29, 1.82) is 0 Å². The van der Waals surface area contributed by atoms with Crippen molar-refractivity contribution in [2.45, 2.75) is 6.54 Å². The van der Waals surface area contributed by atoms with Gasteiger partial charge in [-0.2, -0.15) is 0 Å². The van der Waals surface area contributed by atoms with E-state index in [-0.39, 0.29) is 0 Å². The van der Waals surface area contributed by atoms with Crippen LogP contribution in [-0.2, 0) is 6.54 Å². The summed E-state index contributed by atoms with van der Waals surface area (Å²) in [6.45, 7) is 5.82. The third kappa shape index (κ3) is 4.89. The van der Waals surface area contributed by atoms with Crippen molar-refractivity contribution >= 4 is 17.6 Å². The molecule has 16 heavy (non-hydrogen) atoms. The van der Waals surface area contributed by atoms with Crippen molar-refractivity contribution < 1.29 is 0 Å². The number of hydrogen-bond acceptors (Lipinski definition) is 1. The molecule has 4 nitrogen and oxygen atoms in total. The molecule has 0 aliphatic rings. The van der Waals surface area contributed by atoms with Crippen molar-refractivity contribution in [1.82, 2.24) is 15.2 Å². The highest BCUT2D eigenvalue weighted by Gasteiger charge is 1.96. The van der Waals surface area contributed by atoms with E-state index in [2.05, 4.69) is 26.8 Å². The molecule has 88 valence electrons. The first kappa shape index (κ1) is 12.6. The van der Waals surface area contributed by atoms with Gasteiger partial charge in [0, 0.05) is 37.6 Å². The van der Waals surface area contributed by atoms with Gasteiger partial charge in [-0.1, -0.05) is 18.2 Å². The molecule has 0 spiro atoms. The molecule has 1 heterocycles. The van der Waals surface area contributed by atoms with Crippen LogP contribution in [0.5, 0.6) is 0 Å². The molecule has 0 aliphatic carbocycles. The third-order valence-electron chi connectivity index (χ3n) is 2.00. The average Bonchev–Trinajstić information content (AvgIpc) is 2.75. The van der Waals surface area contributed by atoms with Gasteiger partial charge < -0.3 is 15.2 Å². The SMILES string of the molecule is C=C(Cl)CNC(=NC)NCCn1cccc1. The molecule has 0 saturated heterocycles. The second-order valence-corrected chi connectivity index (χ2v) is 3.83. The molecule has 0 atom stereocenters. The maximum Gasteiger partial charge on any atom is 0.191 e. The fraction of sp³-hybridized carbons (Fsp3) is 0.364. The lowest BCUT2D eigenvalue weighted by Crippen LogP contribution is -2.39.